The van der Waals surface area contributed by atoms with Gasteiger partial charge in [-0.05, 0) is 43.5 Å². The lowest BCUT2D eigenvalue weighted by atomic mass is 9.97. The number of carbonyl (C=O) groups is 1. The van der Waals surface area contributed by atoms with Gasteiger partial charge in [0.25, 0.3) is 5.91 Å². The summed E-state index contributed by atoms with van der Waals surface area (Å²) < 4.78 is 6.09. The Morgan fingerprint density at radius 1 is 1.12 bits per heavy atom. The first kappa shape index (κ1) is 15.2. The van der Waals surface area contributed by atoms with Gasteiger partial charge in [-0.3, -0.25) is 9.78 Å². The molecule has 2 aliphatic heterocycles. The average Bonchev–Trinajstić information content (AvgIpc) is 2.86. The molecule has 2 unspecified atom stereocenters. The summed E-state index contributed by atoms with van der Waals surface area (Å²) in [6, 6.07) is 12.3. The molecular formula is C20H22N2O2. The molecule has 0 radical (unpaired) electrons. The summed E-state index contributed by atoms with van der Waals surface area (Å²) in [5.74, 6) is 1.00. The first-order chi connectivity index (χ1) is 11.7. The number of aromatic nitrogens is 1. The van der Waals surface area contributed by atoms with Crippen LogP contribution in [0.2, 0.25) is 0 Å². The van der Waals surface area contributed by atoms with Crippen molar-refractivity contribution in [1.29, 1.82) is 0 Å². The molecule has 1 aromatic heterocycles. The molecule has 3 heterocycles. The Balaban J connectivity index is 1.49. The van der Waals surface area contributed by atoms with E-state index in [1.54, 1.807) is 12.4 Å². The zero-order chi connectivity index (χ0) is 16.5. The van der Waals surface area contributed by atoms with Crippen molar-refractivity contribution in [2.75, 3.05) is 0 Å². The summed E-state index contributed by atoms with van der Waals surface area (Å²) in [7, 11) is 0. The number of piperidine rings is 1. The normalized spacial score (nSPS) is 25.5. The van der Waals surface area contributed by atoms with Gasteiger partial charge in [-0.2, -0.15) is 0 Å². The lowest BCUT2D eigenvalue weighted by Gasteiger charge is -2.39. The second-order valence-electron chi connectivity index (χ2n) is 6.81. The maximum absolute atomic E-state index is 13.0. The summed E-state index contributed by atoms with van der Waals surface area (Å²) >= 11 is 0. The highest BCUT2D eigenvalue weighted by molar-refractivity contribution is 5.96. The van der Waals surface area contributed by atoms with Gasteiger partial charge in [-0.25, -0.2) is 0 Å². The molecule has 1 aromatic carbocycles. The van der Waals surface area contributed by atoms with E-state index in [4.69, 9.17) is 4.74 Å². The number of amides is 1. The molecular weight excluding hydrogens is 300 g/mol. The van der Waals surface area contributed by atoms with E-state index in [-0.39, 0.29) is 24.1 Å². The summed E-state index contributed by atoms with van der Waals surface area (Å²) in [5, 5.41) is 0. The zero-order valence-corrected chi connectivity index (χ0v) is 13.9. The maximum atomic E-state index is 13.0. The molecule has 0 spiro atoms. The SMILES string of the molecule is Cc1ccccc1C(=O)N1C2CCC1CC(Oc1cccnc1)C2. The number of fused-ring (bicyclic) bond motifs is 2. The Hall–Kier alpha value is -2.36. The molecule has 2 fully saturated rings. The standard InChI is InChI=1S/C20H22N2O2/c1-14-5-2-3-7-19(14)20(23)22-15-8-9-16(22)12-18(11-15)24-17-6-4-10-21-13-17/h2-7,10,13,15-16,18H,8-9,11-12H2,1H3. The van der Waals surface area contributed by atoms with Gasteiger partial charge in [0.2, 0.25) is 0 Å². The van der Waals surface area contributed by atoms with E-state index >= 15 is 0 Å². The van der Waals surface area contributed by atoms with E-state index in [1.165, 1.54) is 0 Å². The van der Waals surface area contributed by atoms with Gasteiger partial charge in [-0.15, -0.1) is 0 Å². The van der Waals surface area contributed by atoms with Crippen molar-refractivity contribution in [3.8, 4) is 5.75 Å². The number of benzene rings is 1. The summed E-state index contributed by atoms with van der Waals surface area (Å²) in [5.41, 5.74) is 1.89. The fourth-order valence-corrected chi connectivity index (χ4v) is 4.12. The van der Waals surface area contributed by atoms with Crippen LogP contribution in [0.25, 0.3) is 0 Å². The molecule has 4 rings (SSSR count). The van der Waals surface area contributed by atoms with Gasteiger partial charge in [0.15, 0.2) is 0 Å². The molecule has 2 aliphatic rings. The van der Waals surface area contributed by atoms with Crippen LogP contribution < -0.4 is 4.74 Å². The van der Waals surface area contributed by atoms with Crippen LogP contribution in [0.1, 0.15) is 41.6 Å². The van der Waals surface area contributed by atoms with Gasteiger partial charge in [-0.1, -0.05) is 18.2 Å². The third-order valence-electron chi connectivity index (χ3n) is 5.24. The monoisotopic (exact) mass is 322 g/mol. The lowest BCUT2D eigenvalue weighted by molar-refractivity contribution is 0.0357. The first-order valence-electron chi connectivity index (χ1n) is 8.67. The molecule has 2 aromatic rings. The van der Waals surface area contributed by atoms with Gasteiger partial charge in [0, 0.05) is 36.7 Å². The number of hydrogen-bond donors (Lipinski definition) is 0. The van der Waals surface area contributed by atoms with Gasteiger partial charge >= 0.3 is 0 Å². The topological polar surface area (TPSA) is 42.4 Å². The third kappa shape index (κ3) is 2.77. The minimum atomic E-state index is 0.174. The highest BCUT2D eigenvalue weighted by Gasteiger charge is 2.44. The van der Waals surface area contributed by atoms with E-state index in [0.29, 0.717) is 0 Å². The van der Waals surface area contributed by atoms with Crippen LogP contribution >= 0.6 is 0 Å². The predicted molar refractivity (Wildman–Crippen MR) is 92.0 cm³/mol. The summed E-state index contributed by atoms with van der Waals surface area (Å²) in [6.07, 6.45) is 7.65. The molecule has 0 saturated carbocycles. The molecule has 24 heavy (non-hydrogen) atoms. The lowest BCUT2D eigenvalue weighted by Crippen LogP contribution is -2.49. The minimum Gasteiger partial charge on any atom is -0.489 e. The number of ether oxygens (including phenoxy) is 1. The Morgan fingerprint density at radius 2 is 1.88 bits per heavy atom. The van der Waals surface area contributed by atoms with E-state index in [2.05, 4.69) is 9.88 Å². The second kappa shape index (κ2) is 6.27. The summed E-state index contributed by atoms with van der Waals surface area (Å²) in [6.45, 7) is 2.01. The van der Waals surface area contributed by atoms with Crippen molar-refractivity contribution in [1.82, 2.24) is 9.88 Å². The predicted octanol–water partition coefficient (Wildman–Crippen LogP) is 3.60. The van der Waals surface area contributed by atoms with Crippen LogP contribution in [-0.2, 0) is 0 Å². The Kier molecular flexibility index (Phi) is 3.97. The fraction of sp³-hybridized carbons (Fsp3) is 0.400. The van der Waals surface area contributed by atoms with Crippen molar-refractivity contribution in [2.24, 2.45) is 0 Å². The van der Waals surface area contributed by atoms with Gasteiger partial charge < -0.3 is 9.64 Å². The Bertz CT molecular complexity index is 717. The van der Waals surface area contributed by atoms with Gasteiger partial charge in [0.1, 0.15) is 11.9 Å². The fourth-order valence-electron chi connectivity index (χ4n) is 4.12. The van der Waals surface area contributed by atoms with E-state index in [9.17, 15) is 4.79 Å². The van der Waals surface area contributed by atoms with Crippen molar-refractivity contribution >= 4 is 5.91 Å². The molecule has 2 saturated heterocycles. The first-order valence-corrected chi connectivity index (χ1v) is 8.67. The number of nitrogens with zero attached hydrogens (tertiary/aromatic N) is 2. The van der Waals surface area contributed by atoms with Crippen molar-refractivity contribution in [3.63, 3.8) is 0 Å². The van der Waals surface area contributed by atoms with Crippen LogP contribution in [0.15, 0.2) is 48.8 Å². The quantitative estimate of drug-likeness (QED) is 0.867. The molecule has 124 valence electrons. The molecule has 4 heteroatoms. The maximum Gasteiger partial charge on any atom is 0.254 e. The molecule has 0 aliphatic carbocycles. The highest BCUT2D eigenvalue weighted by Crippen LogP contribution is 2.38. The Morgan fingerprint density at radius 3 is 2.54 bits per heavy atom. The number of pyridine rings is 1. The van der Waals surface area contributed by atoms with E-state index < -0.39 is 0 Å². The Labute approximate surface area is 142 Å². The largest absolute Gasteiger partial charge is 0.489 e. The molecule has 0 N–H and O–H groups in total. The van der Waals surface area contributed by atoms with Crippen molar-refractivity contribution in [2.45, 2.75) is 50.8 Å². The van der Waals surface area contributed by atoms with Crippen LogP contribution in [0.4, 0.5) is 0 Å². The number of carbonyl (C=O) groups excluding carboxylic acids is 1. The average molecular weight is 322 g/mol. The summed E-state index contributed by atoms with van der Waals surface area (Å²) in [4.78, 5) is 19.2. The van der Waals surface area contributed by atoms with Crippen LogP contribution in [0.3, 0.4) is 0 Å². The number of aryl methyl sites for hydroxylation is 1. The molecule has 2 atom stereocenters. The minimum absolute atomic E-state index is 0.174. The van der Waals surface area contributed by atoms with Gasteiger partial charge in [0.05, 0.1) is 6.20 Å². The van der Waals surface area contributed by atoms with Crippen LogP contribution in [0.5, 0.6) is 5.75 Å². The van der Waals surface area contributed by atoms with Crippen LogP contribution in [0, 0.1) is 6.92 Å². The van der Waals surface area contributed by atoms with Crippen molar-refractivity contribution in [3.05, 3.63) is 59.9 Å². The van der Waals surface area contributed by atoms with Crippen molar-refractivity contribution < 1.29 is 9.53 Å². The number of rotatable bonds is 3. The molecule has 2 bridgehead atoms. The highest BCUT2D eigenvalue weighted by atomic mass is 16.5. The smallest absolute Gasteiger partial charge is 0.254 e. The van der Waals surface area contributed by atoms with E-state index in [1.807, 2.05) is 43.3 Å². The molecule has 1 amide bonds. The second-order valence-corrected chi connectivity index (χ2v) is 6.81. The van der Waals surface area contributed by atoms with Crippen LogP contribution in [-0.4, -0.2) is 34.0 Å². The van der Waals surface area contributed by atoms with E-state index in [0.717, 1.165) is 42.6 Å². The molecule has 4 nitrogen and oxygen atoms in total. The third-order valence-corrected chi connectivity index (χ3v) is 5.24. The zero-order valence-electron chi connectivity index (χ0n) is 13.9. The number of hydrogen-bond acceptors (Lipinski definition) is 3.